The summed E-state index contributed by atoms with van der Waals surface area (Å²) in [6, 6.07) is 0. The first-order chi connectivity index (χ1) is 7.45. The molecule has 0 aliphatic carbocycles. The molecule has 1 aliphatic rings. The predicted molar refractivity (Wildman–Crippen MR) is 59.6 cm³/mol. The smallest absolute Gasteiger partial charge is 0.409 e. The van der Waals surface area contributed by atoms with Gasteiger partial charge in [-0.1, -0.05) is 0 Å². The molecule has 0 aromatic carbocycles. The van der Waals surface area contributed by atoms with Crippen molar-refractivity contribution in [3.8, 4) is 0 Å². The molecule has 0 aromatic rings. The number of sulfonamides is 1. The van der Waals surface area contributed by atoms with Crippen LogP contribution in [-0.4, -0.2) is 62.8 Å². The molecule has 0 bridgehead atoms. The number of carbonyl (C=O) groups excluding carboxylic acids is 1. The Morgan fingerprint density at radius 1 is 1.25 bits per heavy atom. The highest BCUT2D eigenvalue weighted by atomic mass is 32.2. The van der Waals surface area contributed by atoms with Crippen molar-refractivity contribution in [3.05, 3.63) is 0 Å². The second-order valence-corrected chi connectivity index (χ2v) is 5.68. The SMILES string of the molecule is CCOC(=O)N1CCCN(S(C)(=O)=O)CC1. The van der Waals surface area contributed by atoms with Crippen LogP contribution in [0.4, 0.5) is 4.79 Å². The van der Waals surface area contributed by atoms with Gasteiger partial charge in [0.05, 0.1) is 12.9 Å². The first-order valence-electron chi connectivity index (χ1n) is 5.32. The summed E-state index contributed by atoms with van der Waals surface area (Å²) < 4.78 is 28.9. The maximum atomic E-state index is 11.4. The third-order valence-electron chi connectivity index (χ3n) is 2.45. The lowest BCUT2D eigenvalue weighted by Crippen LogP contribution is -2.37. The lowest BCUT2D eigenvalue weighted by Gasteiger charge is -2.20. The lowest BCUT2D eigenvalue weighted by molar-refractivity contribution is 0.109. The zero-order valence-corrected chi connectivity index (χ0v) is 10.5. The van der Waals surface area contributed by atoms with Crippen molar-refractivity contribution in [1.29, 1.82) is 0 Å². The fourth-order valence-corrected chi connectivity index (χ4v) is 2.50. The van der Waals surface area contributed by atoms with Crippen LogP contribution in [-0.2, 0) is 14.8 Å². The average molecular weight is 250 g/mol. The van der Waals surface area contributed by atoms with Crippen LogP contribution in [0.1, 0.15) is 13.3 Å². The van der Waals surface area contributed by atoms with Crippen LogP contribution in [0.3, 0.4) is 0 Å². The van der Waals surface area contributed by atoms with Gasteiger partial charge in [0.2, 0.25) is 10.0 Å². The minimum atomic E-state index is -3.16. The molecule has 7 heteroatoms. The summed E-state index contributed by atoms with van der Waals surface area (Å²) in [6.45, 7) is 3.84. The maximum absolute atomic E-state index is 11.4. The number of hydrogen-bond acceptors (Lipinski definition) is 4. The minimum Gasteiger partial charge on any atom is -0.450 e. The third-order valence-corrected chi connectivity index (χ3v) is 3.75. The molecular formula is C9H18N2O4S. The molecule has 1 rings (SSSR count). The highest BCUT2D eigenvalue weighted by Crippen LogP contribution is 2.07. The van der Waals surface area contributed by atoms with Crippen molar-refractivity contribution in [2.45, 2.75) is 13.3 Å². The Kier molecular flexibility index (Phi) is 4.55. The summed E-state index contributed by atoms with van der Waals surface area (Å²) in [6.07, 6.45) is 1.47. The van der Waals surface area contributed by atoms with Gasteiger partial charge in [-0.3, -0.25) is 0 Å². The highest BCUT2D eigenvalue weighted by molar-refractivity contribution is 7.88. The van der Waals surface area contributed by atoms with E-state index in [1.165, 1.54) is 10.6 Å². The van der Waals surface area contributed by atoms with Gasteiger partial charge in [-0.05, 0) is 13.3 Å². The third kappa shape index (κ3) is 3.64. The molecule has 0 radical (unpaired) electrons. The van der Waals surface area contributed by atoms with Gasteiger partial charge < -0.3 is 9.64 Å². The van der Waals surface area contributed by atoms with E-state index in [2.05, 4.69) is 0 Å². The van der Waals surface area contributed by atoms with Crippen molar-refractivity contribution in [2.24, 2.45) is 0 Å². The molecule has 0 unspecified atom stereocenters. The lowest BCUT2D eigenvalue weighted by atomic mass is 10.4. The number of amides is 1. The van der Waals surface area contributed by atoms with E-state index >= 15 is 0 Å². The first-order valence-corrected chi connectivity index (χ1v) is 7.17. The van der Waals surface area contributed by atoms with E-state index in [1.807, 2.05) is 0 Å². The molecule has 1 heterocycles. The topological polar surface area (TPSA) is 66.9 Å². The Hall–Kier alpha value is -0.820. The molecule has 1 fully saturated rings. The van der Waals surface area contributed by atoms with Gasteiger partial charge in [-0.15, -0.1) is 0 Å². The first kappa shape index (κ1) is 13.2. The molecule has 0 atom stereocenters. The average Bonchev–Trinajstić information content (AvgIpc) is 2.41. The van der Waals surface area contributed by atoms with Crippen LogP contribution in [0.15, 0.2) is 0 Å². The zero-order valence-electron chi connectivity index (χ0n) is 9.68. The zero-order chi connectivity index (χ0) is 12.2. The van der Waals surface area contributed by atoms with E-state index in [1.54, 1.807) is 11.8 Å². The molecule has 0 spiro atoms. The quantitative estimate of drug-likeness (QED) is 0.697. The Morgan fingerprint density at radius 2 is 1.94 bits per heavy atom. The van der Waals surface area contributed by atoms with Crippen LogP contribution in [0.25, 0.3) is 0 Å². The Balaban J connectivity index is 2.56. The molecule has 1 aliphatic heterocycles. The Bertz CT molecular complexity index is 341. The fourth-order valence-electron chi connectivity index (χ4n) is 1.62. The molecule has 0 saturated carbocycles. The van der Waals surface area contributed by atoms with Crippen LogP contribution in [0.5, 0.6) is 0 Å². The minimum absolute atomic E-state index is 0.338. The fraction of sp³-hybridized carbons (Fsp3) is 0.889. The highest BCUT2D eigenvalue weighted by Gasteiger charge is 2.24. The van der Waals surface area contributed by atoms with E-state index in [0.717, 1.165) is 0 Å². The Morgan fingerprint density at radius 3 is 2.50 bits per heavy atom. The van der Waals surface area contributed by atoms with E-state index < -0.39 is 10.0 Å². The predicted octanol–water partition coefficient (Wildman–Crippen LogP) is 0.110. The van der Waals surface area contributed by atoms with Crippen molar-refractivity contribution in [3.63, 3.8) is 0 Å². The summed E-state index contributed by atoms with van der Waals surface area (Å²) in [5.74, 6) is 0. The van der Waals surface area contributed by atoms with Crippen LogP contribution >= 0.6 is 0 Å². The number of carbonyl (C=O) groups is 1. The summed E-state index contributed by atoms with van der Waals surface area (Å²) in [7, 11) is -3.16. The van der Waals surface area contributed by atoms with Gasteiger partial charge in [-0.25, -0.2) is 17.5 Å². The van der Waals surface area contributed by atoms with Crippen LogP contribution < -0.4 is 0 Å². The van der Waals surface area contributed by atoms with E-state index in [9.17, 15) is 13.2 Å². The number of ether oxygens (including phenoxy) is 1. The summed E-state index contributed by atoms with van der Waals surface area (Å²) in [5, 5.41) is 0. The van der Waals surface area contributed by atoms with Gasteiger partial charge in [0.1, 0.15) is 0 Å². The molecular weight excluding hydrogens is 232 g/mol. The molecule has 6 nitrogen and oxygen atoms in total. The van der Waals surface area contributed by atoms with E-state index in [0.29, 0.717) is 39.2 Å². The van der Waals surface area contributed by atoms with Crippen molar-refractivity contribution in [2.75, 3.05) is 39.0 Å². The second-order valence-electron chi connectivity index (χ2n) is 3.70. The molecule has 1 saturated heterocycles. The second kappa shape index (κ2) is 5.49. The van der Waals surface area contributed by atoms with Gasteiger partial charge in [0.25, 0.3) is 0 Å². The summed E-state index contributed by atoms with van der Waals surface area (Å²) >= 11 is 0. The Labute approximate surface area is 96.2 Å². The largest absolute Gasteiger partial charge is 0.450 e. The van der Waals surface area contributed by atoms with Gasteiger partial charge >= 0.3 is 6.09 Å². The van der Waals surface area contributed by atoms with Gasteiger partial charge in [0.15, 0.2) is 0 Å². The van der Waals surface area contributed by atoms with Gasteiger partial charge in [0, 0.05) is 26.2 Å². The maximum Gasteiger partial charge on any atom is 0.409 e. The van der Waals surface area contributed by atoms with Crippen molar-refractivity contribution in [1.82, 2.24) is 9.21 Å². The van der Waals surface area contributed by atoms with Crippen molar-refractivity contribution >= 4 is 16.1 Å². The molecule has 0 N–H and O–H groups in total. The number of nitrogens with zero attached hydrogens (tertiary/aromatic N) is 2. The molecule has 0 aromatic heterocycles. The molecule has 1 amide bonds. The van der Waals surface area contributed by atoms with Crippen LogP contribution in [0, 0.1) is 0 Å². The van der Waals surface area contributed by atoms with Gasteiger partial charge in [-0.2, -0.15) is 0 Å². The van der Waals surface area contributed by atoms with E-state index in [4.69, 9.17) is 4.74 Å². The normalized spacial score (nSPS) is 19.2. The monoisotopic (exact) mass is 250 g/mol. The summed E-state index contributed by atoms with van der Waals surface area (Å²) in [4.78, 5) is 13.0. The molecule has 94 valence electrons. The molecule has 16 heavy (non-hydrogen) atoms. The standard InChI is InChI=1S/C9H18N2O4S/c1-3-15-9(12)10-5-4-6-11(8-7-10)16(2,13)14/h3-8H2,1-2H3. The number of rotatable bonds is 2. The van der Waals surface area contributed by atoms with Crippen LogP contribution in [0.2, 0.25) is 0 Å². The summed E-state index contributed by atoms with van der Waals surface area (Å²) in [5.41, 5.74) is 0. The van der Waals surface area contributed by atoms with Crippen molar-refractivity contribution < 1.29 is 17.9 Å². The number of hydrogen-bond donors (Lipinski definition) is 0. The van der Waals surface area contributed by atoms with E-state index in [-0.39, 0.29) is 6.09 Å².